The number of esters is 1. The summed E-state index contributed by atoms with van der Waals surface area (Å²) in [5, 5.41) is 0. The van der Waals surface area contributed by atoms with E-state index in [1.54, 1.807) is 16.7 Å². The average Bonchev–Trinajstić information content (AvgIpc) is 2.98. The Balaban J connectivity index is 1.30. The molecule has 1 aromatic rings. The number of aromatic nitrogens is 2. The average molecular weight is 451 g/mol. The minimum Gasteiger partial charge on any atom is -0.450 e. The van der Waals surface area contributed by atoms with Gasteiger partial charge in [-0.3, -0.25) is 4.79 Å². The monoisotopic (exact) mass is 451 g/mol. The van der Waals surface area contributed by atoms with Crippen LogP contribution in [0.5, 0.6) is 0 Å². The summed E-state index contributed by atoms with van der Waals surface area (Å²) in [5.74, 6) is -0.428. The van der Waals surface area contributed by atoms with Crippen LogP contribution in [0.1, 0.15) is 32.4 Å². The quantitative estimate of drug-likeness (QED) is 0.647. The van der Waals surface area contributed by atoms with Crippen LogP contribution in [0.4, 0.5) is 19.0 Å². The van der Waals surface area contributed by atoms with Crippen molar-refractivity contribution in [3.05, 3.63) is 29.2 Å². The number of ether oxygens (including phenoxy) is 1. The summed E-state index contributed by atoms with van der Waals surface area (Å²) in [6, 6.07) is 0.732. The summed E-state index contributed by atoms with van der Waals surface area (Å²) in [6.45, 7) is 6.89. The summed E-state index contributed by atoms with van der Waals surface area (Å²) in [4.78, 5) is 38.8. The first-order chi connectivity index (χ1) is 15.1. The number of halogens is 3. The lowest BCUT2D eigenvalue weighted by molar-refractivity contribution is -0.153. The Kier molecular flexibility index (Phi) is 4.74. The van der Waals surface area contributed by atoms with Gasteiger partial charge in [0.15, 0.2) is 0 Å². The Labute approximate surface area is 183 Å². The van der Waals surface area contributed by atoms with E-state index < -0.39 is 23.4 Å². The topological polar surface area (TPSA) is 78.9 Å². The van der Waals surface area contributed by atoms with Gasteiger partial charge in [-0.1, -0.05) is 6.92 Å². The molecule has 0 aliphatic carbocycles. The zero-order chi connectivity index (χ0) is 22.8. The van der Waals surface area contributed by atoms with Gasteiger partial charge in [0.1, 0.15) is 23.4 Å². The molecule has 3 saturated heterocycles. The Morgan fingerprint density at radius 1 is 1.22 bits per heavy atom. The minimum atomic E-state index is -4.54. The molecule has 1 unspecified atom stereocenters. The molecule has 0 N–H and O–H groups in total. The van der Waals surface area contributed by atoms with Crippen LogP contribution in [0, 0.1) is 0 Å². The van der Waals surface area contributed by atoms with Crippen LogP contribution in [-0.2, 0) is 20.5 Å². The minimum absolute atomic E-state index is 0.0910. The first-order valence-corrected chi connectivity index (χ1v) is 10.8. The van der Waals surface area contributed by atoms with E-state index in [9.17, 15) is 22.8 Å². The molecule has 3 fully saturated rings. The third-order valence-corrected chi connectivity index (χ3v) is 7.26. The molecule has 0 bridgehead atoms. The lowest BCUT2D eigenvalue weighted by Gasteiger charge is -2.62. The smallest absolute Gasteiger partial charge is 0.433 e. The van der Waals surface area contributed by atoms with Crippen molar-refractivity contribution in [3.8, 4) is 0 Å². The Hall–Kier alpha value is -2.69. The first-order valence-electron chi connectivity index (χ1n) is 10.8. The molecule has 4 aliphatic rings. The largest absolute Gasteiger partial charge is 0.450 e. The summed E-state index contributed by atoms with van der Waals surface area (Å²) in [5.41, 5.74) is -1.03. The molecule has 172 valence electrons. The maximum absolute atomic E-state index is 13.5. The lowest BCUT2D eigenvalue weighted by atomic mass is 9.79. The van der Waals surface area contributed by atoms with Crippen molar-refractivity contribution in [2.45, 2.75) is 50.6 Å². The van der Waals surface area contributed by atoms with Gasteiger partial charge in [-0.15, -0.1) is 0 Å². The second-order valence-corrected chi connectivity index (χ2v) is 8.82. The van der Waals surface area contributed by atoms with E-state index in [0.29, 0.717) is 37.1 Å². The number of likely N-dealkylation sites (tertiary alicyclic amines) is 2. The molecule has 1 spiro atoms. The second-order valence-electron chi connectivity index (χ2n) is 8.82. The highest BCUT2D eigenvalue weighted by molar-refractivity contribution is 6.07. The maximum Gasteiger partial charge on any atom is 0.433 e. The van der Waals surface area contributed by atoms with E-state index >= 15 is 0 Å². The zero-order valence-electron chi connectivity index (χ0n) is 17.9. The number of nitrogens with zero attached hydrogens (tertiary/aromatic N) is 5. The highest BCUT2D eigenvalue weighted by Crippen LogP contribution is 2.45. The van der Waals surface area contributed by atoms with Gasteiger partial charge in [0.25, 0.3) is 5.91 Å². The number of anilines is 1. The molecule has 2 atom stereocenters. The van der Waals surface area contributed by atoms with E-state index in [4.69, 9.17) is 4.74 Å². The molecule has 5 rings (SSSR count). The number of fused-ring (bicyclic) bond motifs is 1. The third kappa shape index (κ3) is 3.08. The second kappa shape index (κ2) is 7.16. The molecule has 1 amide bonds. The highest BCUT2D eigenvalue weighted by Gasteiger charge is 2.58. The number of alkyl halides is 3. The summed E-state index contributed by atoms with van der Waals surface area (Å²) < 4.78 is 44.6. The number of carbonyl (C=O) groups excluding carboxylic acids is 2. The molecule has 11 heteroatoms. The number of piperidine rings is 1. The molecule has 4 aliphatic heterocycles. The summed E-state index contributed by atoms with van der Waals surface area (Å²) in [7, 11) is 0. The third-order valence-electron chi connectivity index (χ3n) is 7.26. The van der Waals surface area contributed by atoms with Gasteiger partial charge in [0.2, 0.25) is 0 Å². The summed E-state index contributed by atoms with van der Waals surface area (Å²) >= 11 is 0. The van der Waals surface area contributed by atoms with Crippen molar-refractivity contribution in [2.24, 2.45) is 0 Å². The molecular formula is C21H24F3N5O3. The van der Waals surface area contributed by atoms with Gasteiger partial charge >= 0.3 is 12.1 Å². The van der Waals surface area contributed by atoms with Gasteiger partial charge in [-0.2, -0.15) is 13.2 Å². The Bertz CT molecular complexity index is 1000. The van der Waals surface area contributed by atoms with Crippen molar-refractivity contribution in [3.63, 3.8) is 0 Å². The predicted octanol–water partition coefficient (Wildman–Crippen LogP) is 1.62. The predicted molar refractivity (Wildman–Crippen MR) is 107 cm³/mol. The standard InChI is InChI=1S/C21H24F3N5O3/c1-3-27-6-4-20(5-7-27)17(12(2)19(31)32-20)18(30)29-10-13-14(29)9-28(13)16-8-15(21(22,23)24)25-11-26-16/h8,11,13-14H,3-7,9-10H2,1-2H3/t13-,14?/m1/s1. The highest BCUT2D eigenvalue weighted by atomic mass is 19.4. The number of piperazine rings is 1. The SMILES string of the molecule is CCN1CCC2(CC1)OC(=O)C(C)=C2C(=O)N1C[C@@H]2C1CN2c1cc(C(F)(F)F)ncn1. The van der Waals surface area contributed by atoms with Crippen LogP contribution in [-0.4, -0.2) is 82.1 Å². The van der Waals surface area contributed by atoms with Crippen molar-refractivity contribution in [2.75, 3.05) is 37.6 Å². The normalized spacial score (nSPS) is 27.2. The Morgan fingerprint density at radius 3 is 2.53 bits per heavy atom. The number of hydrogen-bond acceptors (Lipinski definition) is 7. The van der Waals surface area contributed by atoms with Crippen LogP contribution in [0.25, 0.3) is 0 Å². The van der Waals surface area contributed by atoms with Crippen LogP contribution < -0.4 is 4.90 Å². The Morgan fingerprint density at radius 2 is 1.94 bits per heavy atom. The molecule has 5 heterocycles. The molecule has 0 saturated carbocycles. The molecule has 32 heavy (non-hydrogen) atoms. The number of carbonyl (C=O) groups is 2. The molecular weight excluding hydrogens is 427 g/mol. The van der Waals surface area contributed by atoms with E-state index in [1.807, 2.05) is 0 Å². The van der Waals surface area contributed by atoms with Gasteiger partial charge < -0.3 is 19.4 Å². The molecule has 0 radical (unpaired) electrons. The number of amides is 1. The van der Waals surface area contributed by atoms with Crippen LogP contribution in [0.15, 0.2) is 23.5 Å². The van der Waals surface area contributed by atoms with Gasteiger partial charge in [-0.05, 0) is 13.5 Å². The van der Waals surface area contributed by atoms with Crippen LogP contribution in [0.3, 0.4) is 0 Å². The zero-order valence-corrected chi connectivity index (χ0v) is 17.9. The van der Waals surface area contributed by atoms with E-state index in [1.165, 1.54) is 0 Å². The first kappa shape index (κ1) is 21.2. The maximum atomic E-state index is 13.5. The molecule has 1 aromatic heterocycles. The number of hydrogen-bond donors (Lipinski definition) is 0. The van der Waals surface area contributed by atoms with E-state index in [2.05, 4.69) is 21.8 Å². The van der Waals surface area contributed by atoms with Crippen molar-refractivity contribution in [1.82, 2.24) is 19.8 Å². The van der Waals surface area contributed by atoms with Crippen LogP contribution >= 0.6 is 0 Å². The van der Waals surface area contributed by atoms with Crippen molar-refractivity contribution in [1.29, 1.82) is 0 Å². The van der Waals surface area contributed by atoms with Gasteiger partial charge in [0.05, 0.1) is 17.7 Å². The fourth-order valence-electron chi connectivity index (χ4n) is 5.24. The number of rotatable bonds is 3. The van der Waals surface area contributed by atoms with Crippen LogP contribution in [0.2, 0.25) is 0 Å². The fourth-order valence-corrected chi connectivity index (χ4v) is 5.24. The molecule has 8 nitrogen and oxygen atoms in total. The van der Waals surface area contributed by atoms with Gasteiger partial charge in [0, 0.05) is 50.7 Å². The van der Waals surface area contributed by atoms with E-state index in [0.717, 1.165) is 32.0 Å². The lowest BCUT2D eigenvalue weighted by Crippen LogP contribution is -2.80. The van der Waals surface area contributed by atoms with Gasteiger partial charge in [-0.25, -0.2) is 14.8 Å². The van der Waals surface area contributed by atoms with Crippen molar-refractivity contribution >= 4 is 17.7 Å². The molecule has 0 aromatic carbocycles. The fraction of sp³-hybridized carbons (Fsp3) is 0.619. The van der Waals surface area contributed by atoms with Crippen molar-refractivity contribution < 1.29 is 27.5 Å². The van der Waals surface area contributed by atoms with E-state index in [-0.39, 0.29) is 23.8 Å². The summed E-state index contributed by atoms with van der Waals surface area (Å²) in [6.07, 6.45) is -2.46.